The molecular weight excluding hydrogens is 430 g/mol. The number of nitro groups is 1. The van der Waals surface area contributed by atoms with Crippen molar-refractivity contribution < 1.29 is 14.4 Å². The van der Waals surface area contributed by atoms with Crippen LogP contribution in [-0.2, 0) is 5.60 Å². The van der Waals surface area contributed by atoms with E-state index in [2.05, 4.69) is 15.3 Å². The normalized spacial score (nSPS) is 12.0. The van der Waals surface area contributed by atoms with Gasteiger partial charge >= 0.3 is 5.88 Å². The molecule has 2 N–H and O–H groups in total. The minimum Gasteiger partial charge on any atom is -0.401 e. The standard InChI is InChI=1S/C22H17N5O4S/c28-22(16-8-3-1-4-9-16,17-10-5-2-6-11-17)20-24-25-21(32)26(20)23-15-7-12-18-13-14-19(31-18)27(29)30/h1-15,28H,(H,25,32)/b12-7+,23-15+. The lowest BCUT2D eigenvalue weighted by Gasteiger charge is -2.27. The van der Waals surface area contributed by atoms with Crippen LogP contribution >= 0.6 is 12.2 Å². The van der Waals surface area contributed by atoms with Crippen LogP contribution in [0.5, 0.6) is 0 Å². The van der Waals surface area contributed by atoms with E-state index in [1.165, 1.54) is 35.2 Å². The second kappa shape index (κ2) is 8.92. The zero-order chi connectivity index (χ0) is 22.6. The molecule has 0 saturated carbocycles. The Morgan fingerprint density at radius 3 is 2.28 bits per heavy atom. The Kier molecular flexibility index (Phi) is 5.88. The quantitative estimate of drug-likeness (QED) is 0.189. The minimum absolute atomic E-state index is 0.179. The summed E-state index contributed by atoms with van der Waals surface area (Å²) in [6.07, 6.45) is 4.46. The fourth-order valence-corrected chi connectivity index (χ4v) is 3.37. The first-order valence-corrected chi connectivity index (χ1v) is 9.87. The van der Waals surface area contributed by atoms with Crippen LogP contribution in [0.1, 0.15) is 22.7 Å². The number of benzene rings is 2. The number of H-pyrrole nitrogens is 1. The Labute approximate surface area is 187 Å². The Bertz CT molecular complexity index is 1300. The van der Waals surface area contributed by atoms with E-state index in [9.17, 15) is 15.2 Å². The number of allylic oxidation sites excluding steroid dienone is 1. The van der Waals surface area contributed by atoms with Crippen molar-refractivity contribution in [3.63, 3.8) is 0 Å². The number of hydrogen-bond acceptors (Lipinski definition) is 7. The maximum atomic E-state index is 11.9. The van der Waals surface area contributed by atoms with E-state index in [1.807, 2.05) is 36.4 Å². The number of nitrogens with one attached hydrogen (secondary N) is 1. The minimum atomic E-state index is -1.63. The molecule has 0 radical (unpaired) electrons. The Morgan fingerprint density at radius 2 is 1.72 bits per heavy atom. The lowest BCUT2D eigenvalue weighted by molar-refractivity contribution is -0.402. The van der Waals surface area contributed by atoms with Crippen molar-refractivity contribution in [3.05, 3.63) is 116 Å². The van der Waals surface area contributed by atoms with Crippen LogP contribution < -0.4 is 0 Å². The molecule has 0 amide bonds. The molecule has 0 bridgehead atoms. The van der Waals surface area contributed by atoms with Crippen LogP contribution in [0.4, 0.5) is 5.88 Å². The average Bonchev–Trinajstić information content (AvgIpc) is 3.44. The molecule has 4 aromatic rings. The smallest absolute Gasteiger partial charge is 0.401 e. The molecule has 9 nitrogen and oxygen atoms in total. The fraction of sp³-hybridized carbons (Fsp3) is 0.0455. The molecule has 2 aromatic heterocycles. The van der Waals surface area contributed by atoms with Gasteiger partial charge in [-0.05, 0) is 41.6 Å². The lowest BCUT2D eigenvalue weighted by atomic mass is 9.85. The van der Waals surface area contributed by atoms with Crippen molar-refractivity contribution in [3.8, 4) is 0 Å². The highest BCUT2D eigenvalue weighted by molar-refractivity contribution is 7.71. The van der Waals surface area contributed by atoms with Crippen molar-refractivity contribution in [2.75, 3.05) is 0 Å². The van der Waals surface area contributed by atoms with Gasteiger partial charge in [-0.2, -0.15) is 14.9 Å². The molecular formula is C22H17N5O4S. The first kappa shape index (κ1) is 21.1. The molecule has 0 saturated heterocycles. The largest absolute Gasteiger partial charge is 0.433 e. The van der Waals surface area contributed by atoms with Crippen LogP contribution in [0.15, 0.2) is 88.4 Å². The summed E-state index contributed by atoms with van der Waals surface area (Å²) in [7, 11) is 0. The summed E-state index contributed by atoms with van der Waals surface area (Å²) in [6.45, 7) is 0. The summed E-state index contributed by atoms with van der Waals surface area (Å²) in [6, 6.07) is 20.9. The average molecular weight is 447 g/mol. The third-order valence-electron chi connectivity index (χ3n) is 4.68. The summed E-state index contributed by atoms with van der Waals surface area (Å²) < 4.78 is 6.57. The molecule has 0 fully saturated rings. The van der Waals surface area contributed by atoms with Gasteiger partial charge in [-0.25, -0.2) is 5.10 Å². The highest BCUT2D eigenvalue weighted by atomic mass is 32.1. The number of furan rings is 1. The van der Waals surface area contributed by atoms with E-state index in [0.717, 1.165) is 0 Å². The third kappa shape index (κ3) is 4.04. The molecule has 0 unspecified atom stereocenters. The Morgan fingerprint density at radius 1 is 1.09 bits per heavy atom. The molecule has 160 valence electrons. The van der Waals surface area contributed by atoms with Gasteiger partial charge in [0, 0.05) is 6.21 Å². The molecule has 4 rings (SSSR count). The van der Waals surface area contributed by atoms with Crippen molar-refractivity contribution in [1.29, 1.82) is 0 Å². The molecule has 32 heavy (non-hydrogen) atoms. The maximum absolute atomic E-state index is 11.9. The van der Waals surface area contributed by atoms with E-state index < -0.39 is 10.5 Å². The predicted molar refractivity (Wildman–Crippen MR) is 121 cm³/mol. The highest BCUT2D eigenvalue weighted by Gasteiger charge is 2.39. The van der Waals surface area contributed by atoms with E-state index in [4.69, 9.17) is 16.6 Å². The van der Waals surface area contributed by atoms with Gasteiger partial charge in [-0.1, -0.05) is 60.7 Å². The summed E-state index contributed by atoms with van der Waals surface area (Å²) in [4.78, 5) is 10.1. The SMILES string of the molecule is O=[N+]([O-])c1ccc(/C=C/C=N/n2c(C(O)(c3ccccc3)c3ccccc3)n[nH]c2=S)o1. The second-order valence-corrected chi connectivity index (χ2v) is 7.05. The number of hydrogen-bond donors (Lipinski definition) is 2. The number of aromatic amines is 1. The zero-order valence-corrected chi connectivity index (χ0v) is 17.3. The lowest BCUT2D eigenvalue weighted by Crippen LogP contribution is -2.32. The summed E-state index contributed by atoms with van der Waals surface area (Å²) in [5.41, 5.74) is -0.441. The summed E-state index contributed by atoms with van der Waals surface area (Å²) >= 11 is 5.32. The summed E-state index contributed by atoms with van der Waals surface area (Å²) in [5.74, 6) is 0.124. The van der Waals surface area contributed by atoms with E-state index in [-0.39, 0.29) is 16.5 Å². The first-order valence-electron chi connectivity index (χ1n) is 9.46. The van der Waals surface area contributed by atoms with E-state index >= 15 is 0 Å². The molecule has 2 aromatic carbocycles. The van der Waals surface area contributed by atoms with Gasteiger partial charge in [0.05, 0.1) is 6.07 Å². The number of nitrogens with zero attached hydrogens (tertiary/aromatic N) is 4. The van der Waals surface area contributed by atoms with Crippen LogP contribution in [-0.4, -0.2) is 31.1 Å². The predicted octanol–water partition coefficient (Wildman–Crippen LogP) is 4.27. The van der Waals surface area contributed by atoms with E-state index in [1.54, 1.807) is 24.3 Å². The molecule has 10 heteroatoms. The second-order valence-electron chi connectivity index (χ2n) is 6.66. The first-order chi connectivity index (χ1) is 15.5. The molecule has 0 aliphatic carbocycles. The van der Waals surface area contributed by atoms with Crippen molar-refractivity contribution >= 4 is 30.4 Å². The van der Waals surface area contributed by atoms with Crippen LogP contribution in [0.3, 0.4) is 0 Å². The molecule has 2 heterocycles. The van der Waals surface area contributed by atoms with Gasteiger partial charge in [0.1, 0.15) is 10.7 Å². The number of aliphatic hydroxyl groups is 1. The molecule has 0 atom stereocenters. The van der Waals surface area contributed by atoms with Crippen molar-refractivity contribution in [2.45, 2.75) is 5.60 Å². The van der Waals surface area contributed by atoms with Crippen molar-refractivity contribution in [1.82, 2.24) is 14.9 Å². The molecule has 0 aliphatic rings. The van der Waals surface area contributed by atoms with Gasteiger partial charge in [0.25, 0.3) is 0 Å². The van der Waals surface area contributed by atoms with Gasteiger partial charge in [-0.15, -0.1) is 0 Å². The topological polar surface area (TPSA) is 122 Å². The molecule has 0 spiro atoms. The van der Waals surface area contributed by atoms with Gasteiger partial charge < -0.3 is 9.52 Å². The zero-order valence-electron chi connectivity index (χ0n) is 16.5. The van der Waals surface area contributed by atoms with Gasteiger partial charge in [0.15, 0.2) is 11.4 Å². The van der Waals surface area contributed by atoms with E-state index in [0.29, 0.717) is 16.9 Å². The van der Waals surface area contributed by atoms with Crippen LogP contribution in [0.2, 0.25) is 0 Å². The van der Waals surface area contributed by atoms with Crippen LogP contribution in [0, 0.1) is 14.9 Å². The number of rotatable bonds is 7. The Balaban J connectivity index is 1.72. The Hall–Kier alpha value is -4.15. The molecule has 0 aliphatic heterocycles. The maximum Gasteiger partial charge on any atom is 0.433 e. The van der Waals surface area contributed by atoms with Gasteiger partial charge in [0.2, 0.25) is 4.77 Å². The fourth-order valence-electron chi connectivity index (χ4n) is 3.19. The van der Waals surface area contributed by atoms with Gasteiger partial charge in [-0.3, -0.25) is 10.1 Å². The van der Waals surface area contributed by atoms with Crippen LogP contribution in [0.25, 0.3) is 6.08 Å². The third-order valence-corrected chi connectivity index (χ3v) is 4.94. The highest BCUT2D eigenvalue weighted by Crippen LogP contribution is 2.35. The van der Waals surface area contributed by atoms with Crippen molar-refractivity contribution in [2.24, 2.45) is 5.10 Å². The number of aromatic nitrogens is 3. The summed E-state index contributed by atoms with van der Waals surface area (Å²) in [5, 5.41) is 33.9. The monoisotopic (exact) mass is 447 g/mol.